The van der Waals surface area contributed by atoms with Crippen molar-refractivity contribution in [1.29, 1.82) is 0 Å². The molecule has 27 heavy (non-hydrogen) atoms. The molecule has 3 aromatic carbocycles. The lowest BCUT2D eigenvalue weighted by Gasteiger charge is -2.05. The quantitative estimate of drug-likeness (QED) is 0.453. The summed E-state index contributed by atoms with van der Waals surface area (Å²) in [7, 11) is 0. The Morgan fingerprint density at radius 3 is 2.11 bits per heavy atom. The Morgan fingerprint density at radius 1 is 0.741 bits per heavy atom. The van der Waals surface area contributed by atoms with E-state index >= 15 is 0 Å². The molecule has 5 aromatic rings. The molecule has 0 aliphatic heterocycles. The molecule has 2 heterocycles. The van der Waals surface area contributed by atoms with Gasteiger partial charge in [-0.15, -0.1) is 0 Å². The van der Waals surface area contributed by atoms with E-state index in [1.165, 1.54) is 5.56 Å². The number of rotatable bonds is 3. The van der Waals surface area contributed by atoms with Gasteiger partial charge in [-0.1, -0.05) is 72.0 Å². The summed E-state index contributed by atoms with van der Waals surface area (Å²) in [5, 5.41) is 0. The molecule has 0 aliphatic rings. The summed E-state index contributed by atoms with van der Waals surface area (Å²) in [6, 6.07) is 28.4. The van der Waals surface area contributed by atoms with Crippen LogP contribution in [0.15, 0.2) is 89.9 Å². The second-order valence-corrected chi connectivity index (χ2v) is 7.20. The molecule has 0 saturated heterocycles. The summed E-state index contributed by atoms with van der Waals surface area (Å²) < 4.78 is 2.15. The molecule has 0 spiro atoms. The lowest BCUT2D eigenvalue weighted by Crippen LogP contribution is -2.15. The first-order chi connectivity index (χ1) is 13.4. The van der Waals surface area contributed by atoms with Crippen molar-refractivity contribution < 1.29 is 0 Å². The second-order valence-electron chi connectivity index (χ2n) is 6.24. The van der Waals surface area contributed by atoms with Crippen molar-refractivity contribution in [2.24, 2.45) is 4.99 Å². The van der Waals surface area contributed by atoms with Crippen molar-refractivity contribution >= 4 is 38.5 Å². The molecule has 0 bridgehead atoms. The standard InChI is InChI=1S/C22H16N4S/c1-3-9-16(10-4-1)15-26-20-21(25-19-14-8-7-13-18(19)24-20)27-22(26)23-17-11-5-2-6-12-17/h1-14H,15H2. The Balaban J connectivity index is 1.78. The van der Waals surface area contributed by atoms with Crippen LogP contribution in [-0.4, -0.2) is 14.5 Å². The van der Waals surface area contributed by atoms with Crippen LogP contribution in [0.4, 0.5) is 5.69 Å². The molecule has 0 aliphatic carbocycles. The molecule has 0 N–H and O–H groups in total. The molecule has 130 valence electrons. The number of benzene rings is 3. The first kappa shape index (κ1) is 15.9. The van der Waals surface area contributed by atoms with Crippen molar-refractivity contribution in [3.05, 3.63) is 95.3 Å². The lowest BCUT2D eigenvalue weighted by atomic mass is 10.2. The average molecular weight is 368 g/mol. The molecule has 0 amide bonds. The molecule has 5 heteroatoms. The summed E-state index contributed by atoms with van der Waals surface area (Å²) >= 11 is 1.58. The van der Waals surface area contributed by atoms with Crippen LogP contribution in [-0.2, 0) is 6.54 Å². The number of nitrogens with zero attached hydrogens (tertiary/aromatic N) is 4. The molecule has 0 saturated carbocycles. The van der Waals surface area contributed by atoms with E-state index in [1.54, 1.807) is 11.3 Å². The van der Waals surface area contributed by atoms with Gasteiger partial charge in [0.15, 0.2) is 15.3 Å². The molecule has 2 aromatic heterocycles. The third kappa shape index (κ3) is 3.13. The maximum Gasteiger partial charge on any atom is 0.194 e. The number of fused-ring (bicyclic) bond motifs is 2. The number of hydrogen-bond donors (Lipinski definition) is 0. The highest BCUT2D eigenvalue weighted by atomic mass is 32.1. The minimum atomic E-state index is 0.708. The predicted molar refractivity (Wildman–Crippen MR) is 110 cm³/mol. The highest BCUT2D eigenvalue weighted by Gasteiger charge is 2.11. The minimum Gasteiger partial charge on any atom is -0.295 e. The van der Waals surface area contributed by atoms with E-state index in [9.17, 15) is 0 Å². The van der Waals surface area contributed by atoms with Gasteiger partial charge in [0, 0.05) is 0 Å². The van der Waals surface area contributed by atoms with Crippen LogP contribution in [0.2, 0.25) is 0 Å². The van der Waals surface area contributed by atoms with Gasteiger partial charge in [-0.05, 0) is 29.8 Å². The van der Waals surface area contributed by atoms with Gasteiger partial charge in [-0.3, -0.25) is 4.57 Å². The van der Waals surface area contributed by atoms with Gasteiger partial charge in [-0.25, -0.2) is 15.0 Å². The average Bonchev–Trinajstić information content (AvgIpc) is 3.04. The Hall–Kier alpha value is -3.31. The van der Waals surface area contributed by atoms with Gasteiger partial charge in [-0.2, -0.15) is 0 Å². The van der Waals surface area contributed by atoms with Gasteiger partial charge < -0.3 is 0 Å². The van der Waals surface area contributed by atoms with E-state index in [1.807, 2.05) is 60.7 Å². The van der Waals surface area contributed by atoms with Crippen molar-refractivity contribution in [2.75, 3.05) is 0 Å². The van der Waals surface area contributed by atoms with Crippen molar-refractivity contribution in [3.63, 3.8) is 0 Å². The van der Waals surface area contributed by atoms with Crippen LogP contribution in [0.5, 0.6) is 0 Å². The monoisotopic (exact) mass is 368 g/mol. The SMILES string of the molecule is c1ccc(Cn2c(=Nc3ccccc3)sc3nc4ccccc4nc32)cc1. The van der Waals surface area contributed by atoms with E-state index in [2.05, 4.69) is 28.8 Å². The molecule has 0 atom stereocenters. The Labute approximate surface area is 160 Å². The van der Waals surface area contributed by atoms with Gasteiger partial charge in [0.2, 0.25) is 0 Å². The third-order valence-corrected chi connectivity index (χ3v) is 5.32. The van der Waals surface area contributed by atoms with Crippen LogP contribution in [0.25, 0.3) is 21.5 Å². The topological polar surface area (TPSA) is 43.1 Å². The van der Waals surface area contributed by atoms with E-state index in [0.717, 1.165) is 32.0 Å². The van der Waals surface area contributed by atoms with E-state index in [-0.39, 0.29) is 0 Å². The van der Waals surface area contributed by atoms with Crippen LogP contribution in [0.3, 0.4) is 0 Å². The van der Waals surface area contributed by atoms with Gasteiger partial charge in [0.1, 0.15) is 0 Å². The summed E-state index contributed by atoms with van der Waals surface area (Å²) in [6.07, 6.45) is 0. The van der Waals surface area contributed by atoms with Gasteiger partial charge >= 0.3 is 0 Å². The van der Waals surface area contributed by atoms with Crippen LogP contribution < -0.4 is 4.80 Å². The zero-order chi connectivity index (χ0) is 18.1. The maximum atomic E-state index is 4.89. The first-order valence-electron chi connectivity index (χ1n) is 8.77. The Morgan fingerprint density at radius 2 is 1.37 bits per heavy atom. The van der Waals surface area contributed by atoms with E-state index in [0.29, 0.717) is 6.54 Å². The van der Waals surface area contributed by atoms with Gasteiger partial charge in [0.25, 0.3) is 0 Å². The molecule has 0 radical (unpaired) electrons. The second kappa shape index (κ2) is 6.78. The minimum absolute atomic E-state index is 0.708. The van der Waals surface area contributed by atoms with Crippen LogP contribution >= 0.6 is 11.3 Å². The Kier molecular flexibility index (Phi) is 3.99. The van der Waals surface area contributed by atoms with Crippen LogP contribution in [0, 0.1) is 0 Å². The maximum absolute atomic E-state index is 4.89. The summed E-state index contributed by atoms with van der Waals surface area (Å²) in [5.41, 5.74) is 4.81. The van der Waals surface area contributed by atoms with Crippen molar-refractivity contribution in [1.82, 2.24) is 14.5 Å². The molecule has 0 unspecified atom stereocenters. The highest BCUT2D eigenvalue weighted by molar-refractivity contribution is 7.15. The Bertz CT molecular complexity index is 1290. The zero-order valence-corrected chi connectivity index (χ0v) is 15.3. The third-order valence-electron chi connectivity index (χ3n) is 4.36. The fourth-order valence-corrected chi connectivity index (χ4v) is 4.03. The number of para-hydroxylation sites is 3. The first-order valence-corrected chi connectivity index (χ1v) is 9.58. The number of hydrogen-bond acceptors (Lipinski definition) is 4. The highest BCUT2D eigenvalue weighted by Crippen LogP contribution is 2.20. The molecular weight excluding hydrogens is 352 g/mol. The molecule has 4 nitrogen and oxygen atoms in total. The number of aromatic nitrogens is 3. The van der Waals surface area contributed by atoms with Crippen LogP contribution in [0.1, 0.15) is 5.56 Å². The summed E-state index contributed by atoms with van der Waals surface area (Å²) in [4.78, 5) is 16.4. The fraction of sp³-hybridized carbons (Fsp3) is 0.0455. The predicted octanol–water partition coefficient (Wildman–Crippen LogP) is 4.93. The van der Waals surface area contributed by atoms with Gasteiger partial charge in [0.05, 0.1) is 23.3 Å². The zero-order valence-electron chi connectivity index (χ0n) is 14.5. The largest absolute Gasteiger partial charge is 0.295 e. The molecule has 0 fully saturated rings. The molecular formula is C22H16N4S. The fourth-order valence-electron chi connectivity index (χ4n) is 3.06. The van der Waals surface area contributed by atoms with Crippen molar-refractivity contribution in [3.8, 4) is 0 Å². The van der Waals surface area contributed by atoms with E-state index < -0.39 is 0 Å². The van der Waals surface area contributed by atoms with Crippen molar-refractivity contribution in [2.45, 2.75) is 6.54 Å². The number of thiazole rings is 1. The molecule has 5 rings (SSSR count). The summed E-state index contributed by atoms with van der Waals surface area (Å²) in [5.74, 6) is 0. The van der Waals surface area contributed by atoms with E-state index in [4.69, 9.17) is 15.0 Å². The lowest BCUT2D eigenvalue weighted by molar-refractivity contribution is 0.791. The normalized spacial score (nSPS) is 12.1. The smallest absolute Gasteiger partial charge is 0.194 e. The summed E-state index contributed by atoms with van der Waals surface area (Å²) in [6.45, 7) is 0.708.